The Morgan fingerprint density at radius 2 is 1.67 bits per heavy atom. The van der Waals surface area contributed by atoms with Gasteiger partial charge in [0.2, 0.25) is 11.8 Å². The third-order valence-corrected chi connectivity index (χ3v) is 6.84. The highest BCUT2D eigenvalue weighted by atomic mass is 32.2. The molecule has 9 heteroatoms. The van der Waals surface area contributed by atoms with E-state index < -0.39 is 10.0 Å². The van der Waals surface area contributed by atoms with Crippen LogP contribution in [0.15, 0.2) is 83.8 Å². The number of ether oxygens (including phenoxy) is 1. The molecule has 0 amide bonds. The van der Waals surface area contributed by atoms with Crippen LogP contribution < -0.4 is 20.1 Å². The molecule has 0 saturated carbocycles. The number of anilines is 3. The summed E-state index contributed by atoms with van der Waals surface area (Å²) in [6.45, 7) is 4.18. The van der Waals surface area contributed by atoms with Crippen molar-refractivity contribution in [1.29, 1.82) is 0 Å². The lowest BCUT2D eigenvalue weighted by Crippen LogP contribution is -2.16. The number of benzene rings is 3. The van der Waals surface area contributed by atoms with Crippen LogP contribution in [0.1, 0.15) is 25.3 Å². The molecule has 8 nitrogen and oxygen atoms in total. The summed E-state index contributed by atoms with van der Waals surface area (Å²) in [6, 6.07) is 23.1. The molecule has 1 aromatic heterocycles. The van der Waals surface area contributed by atoms with E-state index in [1.54, 1.807) is 18.2 Å². The Kier molecular flexibility index (Phi) is 7.12. The predicted molar refractivity (Wildman–Crippen MR) is 144 cm³/mol. The van der Waals surface area contributed by atoms with Crippen molar-refractivity contribution in [3.63, 3.8) is 0 Å². The number of nitrogens with two attached hydrogens (primary N) is 1. The van der Waals surface area contributed by atoms with Crippen molar-refractivity contribution in [2.45, 2.75) is 24.7 Å². The van der Waals surface area contributed by atoms with Crippen molar-refractivity contribution in [2.24, 2.45) is 0 Å². The van der Waals surface area contributed by atoms with Gasteiger partial charge >= 0.3 is 0 Å². The Balaban J connectivity index is 1.80. The first-order valence-corrected chi connectivity index (χ1v) is 12.9. The van der Waals surface area contributed by atoms with Crippen LogP contribution in [0.2, 0.25) is 0 Å². The van der Waals surface area contributed by atoms with Crippen molar-refractivity contribution < 1.29 is 13.2 Å². The molecule has 0 fully saturated rings. The molecule has 0 spiro atoms. The van der Waals surface area contributed by atoms with E-state index in [4.69, 9.17) is 10.5 Å². The number of hydrogen-bond donors (Lipinski definition) is 2. The lowest BCUT2D eigenvalue weighted by Gasteiger charge is -2.16. The molecule has 3 N–H and O–H groups in total. The van der Waals surface area contributed by atoms with Crippen LogP contribution in [0.25, 0.3) is 11.3 Å². The highest BCUT2D eigenvalue weighted by molar-refractivity contribution is 7.92. The van der Waals surface area contributed by atoms with Crippen LogP contribution in [0.4, 0.5) is 17.3 Å². The van der Waals surface area contributed by atoms with Crippen LogP contribution in [-0.4, -0.2) is 32.5 Å². The van der Waals surface area contributed by atoms with E-state index in [0.29, 0.717) is 17.1 Å². The molecule has 0 aliphatic heterocycles. The monoisotopic (exact) mass is 503 g/mol. The summed E-state index contributed by atoms with van der Waals surface area (Å²) in [6.07, 6.45) is 0. The van der Waals surface area contributed by atoms with Crippen LogP contribution in [0, 0.1) is 0 Å². The van der Waals surface area contributed by atoms with Gasteiger partial charge in [-0.25, -0.2) is 18.1 Å². The summed E-state index contributed by atoms with van der Waals surface area (Å²) < 4.78 is 34.7. The summed E-state index contributed by atoms with van der Waals surface area (Å²) in [7, 11) is -0.109. The van der Waals surface area contributed by atoms with E-state index in [-0.39, 0.29) is 22.6 Å². The molecule has 1 heterocycles. The minimum absolute atomic E-state index is 0.0141. The Labute approximate surface area is 211 Å². The van der Waals surface area contributed by atoms with Gasteiger partial charge < -0.3 is 15.4 Å². The molecule has 0 saturated heterocycles. The molecule has 3 aromatic carbocycles. The van der Waals surface area contributed by atoms with E-state index in [0.717, 1.165) is 16.8 Å². The van der Waals surface area contributed by atoms with Gasteiger partial charge in [-0.05, 0) is 41.8 Å². The summed E-state index contributed by atoms with van der Waals surface area (Å²) >= 11 is 0. The molecular weight excluding hydrogens is 474 g/mol. The number of aromatic nitrogens is 2. The Morgan fingerprint density at radius 3 is 2.39 bits per heavy atom. The van der Waals surface area contributed by atoms with Crippen molar-refractivity contribution >= 4 is 27.3 Å². The second kappa shape index (κ2) is 10.2. The zero-order valence-electron chi connectivity index (χ0n) is 20.6. The van der Waals surface area contributed by atoms with Gasteiger partial charge in [-0.1, -0.05) is 50.2 Å². The Bertz CT molecular complexity index is 1490. The number of rotatable bonds is 8. The van der Waals surface area contributed by atoms with Crippen molar-refractivity contribution in [1.82, 2.24) is 9.97 Å². The fraction of sp³-hybridized carbons (Fsp3) is 0.185. The van der Waals surface area contributed by atoms with Crippen molar-refractivity contribution in [2.75, 3.05) is 29.5 Å². The van der Waals surface area contributed by atoms with Gasteiger partial charge in [-0.2, -0.15) is 4.98 Å². The molecule has 4 rings (SSSR count). The molecular formula is C27H29N5O3S. The first-order chi connectivity index (χ1) is 17.1. The Morgan fingerprint density at radius 1 is 0.917 bits per heavy atom. The molecule has 0 atom stereocenters. The van der Waals surface area contributed by atoms with Gasteiger partial charge in [0.05, 0.1) is 10.6 Å². The molecule has 0 unspecified atom stereocenters. The zero-order chi connectivity index (χ0) is 25.9. The quantitative estimate of drug-likeness (QED) is 0.305. The maximum atomic E-state index is 13.1. The fourth-order valence-corrected chi connectivity index (χ4v) is 4.70. The third kappa shape index (κ3) is 5.75. The second-order valence-corrected chi connectivity index (χ2v) is 10.5. The van der Waals surface area contributed by atoms with Crippen LogP contribution >= 0.6 is 0 Å². The first kappa shape index (κ1) is 25.0. The van der Waals surface area contributed by atoms with Gasteiger partial charge in [-0.3, -0.25) is 0 Å². The highest BCUT2D eigenvalue weighted by Crippen LogP contribution is 2.32. The van der Waals surface area contributed by atoms with Crippen molar-refractivity contribution in [3.05, 3.63) is 84.4 Å². The van der Waals surface area contributed by atoms with Crippen LogP contribution in [0.3, 0.4) is 0 Å². The number of hydrogen-bond acceptors (Lipinski definition) is 7. The molecule has 186 valence electrons. The summed E-state index contributed by atoms with van der Waals surface area (Å²) in [4.78, 5) is 10.9. The van der Waals surface area contributed by atoms with Gasteiger partial charge in [0.25, 0.3) is 10.0 Å². The van der Waals surface area contributed by atoms with E-state index in [1.807, 2.05) is 67.5 Å². The smallest absolute Gasteiger partial charge is 0.264 e. The summed E-state index contributed by atoms with van der Waals surface area (Å²) in [5.41, 5.74) is 9.56. The number of sulfonamides is 1. The topological polar surface area (TPSA) is 110 Å². The molecule has 4 aromatic rings. The highest BCUT2D eigenvalue weighted by Gasteiger charge is 2.19. The zero-order valence-corrected chi connectivity index (χ0v) is 21.5. The molecule has 0 aliphatic rings. The molecule has 0 bridgehead atoms. The van der Waals surface area contributed by atoms with Crippen LogP contribution in [0.5, 0.6) is 11.6 Å². The van der Waals surface area contributed by atoms with Gasteiger partial charge in [0.1, 0.15) is 5.75 Å². The number of nitrogens with one attached hydrogen (secondary N) is 1. The lowest BCUT2D eigenvalue weighted by atomic mass is 9.95. The standard InChI is InChI=1S/C27H29N5O3S/c1-18(2)23-13-5-6-14-24(23)25-17-26(35-21-11-8-10-20(16-21)32(3)4)30-27(29-25)31-36(33,34)22-12-7-9-19(28)15-22/h5-18H,28H2,1-4H3,(H,29,30,31). The largest absolute Gasteiger partial charge is 0.439 e. The van der Waals surface area contributed by atoms with E-state index in [1.165, 1.54) is 12.1 Å². The second-order valence-electron chi connectivity index (χ2n) is 8.83. The normalized spacial score (nSPS) is 11.4. The maximum Gasteiger partial charge on any atom is 0.264 e. The molecule has 0 aliphatic carbocycles. The SMILES string of the molecule is CC(C)c1ccccc1-c1cc(Oc2cccc(N(C)C)c2)nc(NS(=O)(=O)c2cccc(N)c2)n1. The maximum absolute atomic E-state index is 13.1. The first-order valence-electron chi connectivity index (χ1n) is 11.4. The van der Waals surface area contributed by atoms with E-state index in [9.17, 15) is 8.42 Å². The Hall–Kier alpha value is -4.11. The van der Waals surface area contributed by atoms with Crippen molar-refractivity contribution in [3.8, 4) is 22.9 Å². The summed E-state index contributed by atoms with van der Waals surface area (Å²) in [5, 5.41) is 0. The van der Waals surface area contributed by atoms with Gasteiger partial charge in [0.15, 0.2) is 0 Å². The minimum Gasteiger partial charge on any atom is -0.439 e. The molecule has 0 radical (unpaired) electrons. The van der Waals surface area contributed by atoms with E-state index in [2.05, 4.69) is 28.5 Å². The van der Waals surface area contributed by atoms with E-state index >= 15 is 0 Å². The molecule has 36 heavy (non-hydrogen) atoms. The number of nitrogens with zero attached hydrogens (tertiary/aromatic N) is 3. The van der Waals surface area contributed by atoms with Gasteiger partial charge in [-0.15, -0.1) is 0 Å². The number of nitrogen functional groups attached to an aromatic ring is 1. The van der Waals surface area contributed by atoms with Crippen LogP contribution in [-0.2, 0) is 10.0 Å². The average Bonchev–Trinajstić information content (AvgIpc) is 2.83. The average molecular weight is 504 g/mol. The minimum atomic E-state index is -3.99. The van der Waals surface area contributed by atoms with Gasteiger partial charge in [0, 0.05) is 43.2 Å². The fourth-order valence-electron chi connectivity index (χ4n) is 3.70. The lowest BCUT2D eigenvalue weighted by molar-refractivity contribution is 0.463. The third-order valence-electron chi connectivity index (χ3n) is 5.51. The predicted octanol–water partition coefficient (Wildman–Crippen LogP) is 5.51. The summed E-state index contributed by atoms with van der Waals surface area (Å²) in [5.74, 6) is 0.893.